The van der Waals surface area contributed by atoms with Crippen LogP contribution in [0.1, 0.15) is 44.1 Å². The molecule has 0 unspecified atom stereocenters. The highest BCUT2D eigenvalue weighted by Crippen LogP contribution is 2.43. The van der Waals surface area contributed by atoms with Gasteiger partial charge >= 0.3 is 0 Å². The first-order valence-corrected chi connectivity index (χ1v) is 12.0. The summed E-state index contributed by atoms with van der Waals surface area (Å²) >= 11 is 0. The van der Waals surface area contributed by atoms with E-state index in [-0.39, 0.29) is 18.4 Å². The summed E-state index contributed by atoms with van der Waals surface area (Å²) in [5.41, 5.74) is 0.978. The van der Waals surface area contributed by atoms with Crippen LogP contribution < -0.4 is 9.64 Å². The van der Waals surface area contributed by atoms with Gasteiger partial charge in [-0.2, -0.15) is 0 Å². The lowest BCUT2D eigenvalue weighted by atomic mass is 9.68. The Morgan fingerprint density at radius 2 is 1.67 bits per heavy atom. The van der Waals surface area contributed by atoms with E-state index < -0.39 is 11.0 Å². The normalized spacial score (nSPS) is 24.8. The number of hydrogen-bond donors (Lipinski definition) is 0. The Hall–Kier alpha value is -2.86. The summed E-state index contributed by atoms with van der Waals surface area (Å²) in [6.45, 7) is 1.73. The van der Waals surface area contributed by atoms with Crippen LogP contribution in [0.4, 0.5) is 5.69 Å². The number of likely N-dealkylation sites (tertiary alicyclic amines) is 1. The fraction of sp³-hybridized carbons (Fsp3) is 0.481. The number of carbonyl (C=O) groups is 2. The molecule has 174 valence electrons. The predicted molar refractivity (Wildman–Crippen MR) is 126 cm³/mol. The summed E-state index contributed by atoms with van der Waals surface area (Å²) in [4.78, 5) is 30.5. The van der Waals surface area contributed by atoms with Crippen LogP contribution in [0.2, 0.25) is 0 Å². The van der Waals surface area contributed by atoms with Crippen molar-refractivity contribution in [2.45, 2.75) is 49.5 Å². The highest BCUT2D eigenvalue weighted by molar-refractivity contribution is 5.95. The highest BCUT2D eigenvalue weighted by atomic mass is 16.5. The average molecular weight is 449 g/mol. The molecule has 2 saturated heterocycles. The molecular weight excluding hydrogens is 416 g/mol. The van der Waals surface area contributed by atoms with Gasteiger partial charge in [0.15, 0.2) is 0 Å². The number of benzene rings is 2. The molecule has 2 heterocycles. The van der Waals surface area contributed by atoms with E-state index in [1.165, 1.54) is 6.42 Å². The number of anilines is 1. The van der Waals surface area contributed by atoms with Gasteiger partial charge in [0.05, 0.1) is 25.6 Å². The number of nitrogens with zero attached hydrogens (tertiary/aromatic N) is 2. The maximum Gasteiger partial charge on any atom is 0.253 e. The highest BCUT2D eigenvalue weighted by Gasteiger charge is 2.51. The second-order valence-electron chi connectivity index (χ2n) is 9.64. The van der Waals surface area contributed by atoms with Crippen molar-refractivity contribution in [1.82, 2.24) is 4.90 Å². The third-order valence-electron chi connectivity index (χ3n) is 7.68. The zero-order valence-corrected chi connectivity index (χ0v) is 19.3. The average Bonchev–Trinajstić information content (AvgIpc) is 3.29. The van der Waals surface area contributed by atoms with Crippen molar-refractivity contribution in [2.75, 3.05) is 38.3 Å². The van der Waals surface area contributed by atoms with E-state index in [0.717, 1.165) is 49.1 Å². The molecule has 5 rings (SSSR count). The number of carbonyl (C=O) groups excluding carboxylic acids is 2. The molecule has 3 fully saturated rings. The molecule has 1 saturated carbocycles. The molecule has 1 aliphatic carbocycles. The summed E-state index contributed by atoms with van der Waals surface area (Å²) < 4.78 is 11.5. The second kappa shape index (κ2) is 8.82. The lowest BCUT2D eigenvalue weighted by Gasteiger charge is -2.42. The molecule has 0 bridgehead atoms. The van der Waals surface area contributed by atoms with E-state index in [1.807, 2.05) is 52.3 Å². The van der Waals surface area contributed by atoms with E-state index in [2.05, 4.69) is 12.1 Å². The fourth-order valence-electron chi connectivity index (χ4n) is 5.82. The Kier molecular flexibility index (Phi) is 5.87. The molecule has 1 atom stereocenters. The van der Waals surface area contributed by atoms with Crippen molar-refractivity contribution in [2.24, 2.45) is 0 Å². The third-order valence-corrected chi connectivity index (χ3v) is 7.68. The smallest absolute Gasteiger partial charge is 0.253 e. The molecule has 33 heavy (non-hydrogen) atoms. The van der Waals surface area contributed by atoms with E-state index in [9.17, 15) is 9.59 Å². The topological polar surface area (TPSA) is 59.1 Å². The molecule has 0 radical (unpaired) electrons. The number of hydrogen-bond acceptors (Lipinski definition) is 4. The van der Waals surface area contributed by atoms with Crippen LogP contribution in [0.15, 0.2) is 54.6 Å². The molecule has 2 aliphatic heterocycles. The fourth-order valence-corrected chi connectivity index (χ4v) is 5.82. The number of ether oxygens (including phenoxy) is 2. The molecule has 3 aliphatic rings. The Bertz CT molecular complexity index is 1000. The Morgan fingerprint density at radius 1 is 0.939 bits per heavy atom. The van der Waals surface area contributed by atoms with Crippen molar-refractivity contribution >= 4 is 17.5 Å². The van der Waals surface area contributed by atoms with Crippen LogP contribution in [0.25, 0.3) is 0 Å². The molecule has 6 heteroatoms. The monoisotopic (exact) mass is 448 g/mol. The maximum absolute atomic E-state index is 14.1. The molecule has 0 N–H and O–H groups in total. The zero-order valence-electron chi connectivity index (χ0n) is 19.3. The van der Waals surface area contributed by atoms with Crippen LogP contribution in [-0.4, -0.2) is 55.7 Å². The number of amides is 2. The molecular formula is C27H32N2O4. The van der Waals surface area contributed by atoms with Crippen LogP contribution >= 0.6 is 0 Å². The van der Waals surface area contributed by atoms with Gasteiger partial charge in [0.1, 0.15) is 18.0 Å². The Labute approximate surface area is 195 Å². The second-order valence-corrected chi connectivity index (χ2v) is 9.64. The first kappa shape index (κ1) is 22.0. The molecule has 2 amide bonds. The van der Waals surface area contributed by atoms with Crippen molar-refractivity contribution in [1.29, 1.82) is 0 Å². The van der Waals surface area contributed by atoms with E-state index in [4.69, 9.17) is 9.47 Å². The number of rotatable bonds is 4. The molecule has 1 spiro atoms. The van der Waals surface area contributed by atoms with Crippen LogP contribution in [0.3, 0.4) is 0 Å². The van der Waals surface area contributed by atoms with Crippen LogP contribution in [0.5, 0.6) is 5.75 Å². The van der Waals surface area contributed by atoms with Gasteiger partial charge in [0.2, 0.25) is 5.91 Å². The van der Waals surface area contributed by atoms with Crippen molar-refractivity contribution in [3.63, 3.8) is 0 Å². The Balaban J connectivity index is 1.38. The lowest BCUT2D eigenvalue weighted by molar-refractivity contribution is -0.142. The minimum atomic E-state index is -0.505. The van der Waals surface area contributed by atoms with E-state index in [0.29, 0.717) is 19.6 Å². The third kappa shape index (κ3) is 4.01. The predicted octanol–water partition coefficient (Wildman–Crippen LogP) is 3.93. The van der Waals surface area contributed by atoms with Gasteiger partial charge in [-0.3, -0.25) is 9.59 Å². The first-order chi connectivity index (χ1) is 16.1. The minimum absolute atomic E-state index is 0.0291. The van der Waals surface area contributed by atoms with Crippen molar-refractivity contribution in [3.8, 4) is 5.75 Å². The van der Waals surface area contributed by atoms with Gasteiger partial charge in [-0.25, -0.2) is 0 Å². The van der Waals surface area contributed by atoms with Gasteiger partial charge < -0.3 is 19.3 Å². The maximum atomic E-state index is 14.1. The summed E-state index contributed by atoms with van der Waals surface area (Å²) in [7, 11) is 1.66. The number of morpholine rings is 1. The summed E-state index contributed by atoms with van der Waals surface area (Å²) in [6.07, 6.45) is 5.78. The quantitative estimate of drug-likeness (QED) is 0.711. The van der Waals surface area contributed by atoms with E-state index in [1.54, 1.807) is 7.11 Å². The van der Waals surface area contributed by atoms with Gasteiger partial charge in [0.25, 0.3) is 5.91 Å². The largest absolute Gasteiger partial charge is 0.497 e. The summed E-state index contributed by atoms with van der Waals surface area (Å²) in [5.74, 6) is 0.980. The van der Waals surface area contributed by atoms with Gasteiger partial charge in [0, 0.05) is 12.2 Å². The summed E-state index contributed by atoms with van der Waals surface area (Å²) in [5, 5.41) is 0. The standard InChI is InChI=1S/C27H32N2O4/c1-32-23-12-10-21(11-13-23)27(14-6-3-7-15-27)25(31)28-17-16-26(19-28)20-29(24(30)18-33-26)22-8-4-2-5-9-22/h2,4-5,8-13H,3,6-7,14-20H2,1H3/t26-/m1/s1. The minimum Gasteiger partial charge on any atom is -0.497 e. The number of para-hydroxylation sites is 1. The van der Waals surface area contributed by atoms with Gasteiger partial charge in [-0.1, -0.05) is 49.6 Å². The zero-order chi connectivity index (χ0) is 22.9. The van der Waals surface area contributed by atoms with Gasteiger partial charge in [-0.05, 0) is 49.1 Å². The van der Waals surface area contributed by atoms with Crippen molar-refractivity contribution < 1.29 is 19.1 Å². The van der Waals surface area contributed by atoms with Crippen molar-refractivity contribution in [3.05, 3.63) is 60.2 Å². The summed E-state index contributed by atoms with van der Waals surface area (Å²) in [6, 6.07) is 17.8. The molecule has 2 aromatic rings. The van der Waals surface area contributed by atoms with E-state index >= 15 is 0 Å². The Morgan fingerprint density at radius 3 is 2.36 bits per heavy atom. The molecule has 6 nitrogen and oxygen atoms in total. The SMILES string of the molecule is COc1ccc(C2(C(=O)N3CC[C@@]4(C3)CN(c3ccccc3)C(=O)CO4)CCCCC2)cc1. The van der Waals surface area contributed by atoms with Crippen LogP contribution in [-0.2, 0) is 19.7 Å². The first-order valence-electron chi connectivity index (χ1n) is 12.0. The number of methoxy groups -OCH3 is 1. The van der Waals surface area contributed by atoms with Crippen LogP contribution in [0, 0.1) is 0 Å². The van der Waals surface area contributed by atoms with Gasteiger partial charge in [-0.15, -0.1) is 0 Å². The molecule has 2 aromatic carbocycles. The lowest BCUT2D eigenvalue weighted by Crippen LogP contribution is -2.57. The molecule has 0 aromatic heterocycles.